The summed E-state index contributed by atoms with van der Waals surface area (Å²) in [5.41, 5.74) is -5.52. The van der Waals surface area contributed by atoms with Gasteiger partial charge in [-0.05, 0) is 50.4 Å². The molecule has 2 aromatic rings. The summed E-state index contributed by atoms with van der Waals surface area (Å²) in [7, 11) is 0. The van der Waals surface area contributed by atoms with Gasteiger partial charge < -0.3 is 0 Å². The molecule has 0 radical (unpaired) electrons. The van der Waals surface area contributed by atoms with E-state index in [1.165, 1.54) is 0 Å². The molecule has 10 heteroatoms. The second-order valence-electron chi connectivity index (χ2n) is 9.41. The molecule has 0 aliphatic heterocycles. The van der Waals surface area contributed by atoms with Gasteiger partial charge >= 0.3 is 0 Å². The van der Waals surface area contributed by atoms with E-state index in [1.807, 2.05) is 0 Å². The van der Waals surface area contributed by atoms with E-state index in [-0.39, 0.29) is 25.7 Å². The minimum atomic E-state index is -2.33. The Kier molecular flexibility index (Phi) is 4.47. The fraction of sp³-hybridized carbons (Fsp3) is 0.455. The summed E-state index contributed by atoms with van der Waals surface area (Å²) in [4.78, 5) is 0. The maximum atomic E-state index is 14.7. The first-order valence-electron chi connectivity index (χ1n) is 9.96. The Morgan fingerprint density at radius 2 is 0.656 bits per heavy atom. The van der Waals surface area contributed by atoms with Crippen LogP contribution in [0.1, 0.15) is 49.7 Å². The highest BCUT2D eigenvalue weighted by Crippen LogP contribution is 2.67. The second-order valence-corrected chi connectivity index (χ2v) is 9.41. The molecule has 4 saturated carbocycles. The summed E-state index contributed by atoms with van der Waals surface area (Å²) < 4.78 is 142. The van der Waals surface area contributed by atoms with E-state index in [9.17, 15) is 43.9 Å². The Morgan fingerprint density at radius 1 is 0.406 bits per heavy atom. The van der Waals surface area contributed by atoms with Gasteiger partial charge in [-0.3, -0.25) is 0 Å². The van der Waals surface area contributed by atoms with Crippen molar-refractivity contribution >= 4 is 0 Å². The largest absolute Gasteiger partial charge is 0.203 e. The van der Waals surface area contributed by atoms with Crippen LogP contribution in [0.25, 0.3) is 0 Å². The molecule has 172 valence electrons. The van der Waals surface area contributed by atoms with Crippen LogP contribution < -0.4 is 0 Å². The molecule has 0 nitrogen and oxygen atoms in total. The van der Waals surface area contributed by atoms with Gasteiger partial charge in [0.15, 0.2) is 46.5 Å². The molecule has 4 aliphatic rings. The van der Waals surface area contributed by atoms with Gasteiger partial charge in [0, 0.05) is 22.0 Å². The zero-order chi connectivity index (χ0) is 23.3. The van der Waals surface area contributed by atoms with E-state index in [2.05, 4.69) is 0 Å². The van der Waals surface area contributed by atoms with Gasteiger partial charge in [-0.2, -0.15) is 0 Å². The van der Waals surface area contributed by atoms with Crippen molar-refractivity contribution in [3.8, 4) is 0 Å². The van der Waals surface area contributed by atoms with E-state index in [0.29, 0.717) is 6.42 Å². The average Bonchev–Trinajstić information content (AvgIpc) is 2.72. The molecule has 0 saturated heterocycles. The van der Waals surface area contributed by atoms with Crippen LogP contribution in [0, 0.1) is 70.0 Å². The van der Waals surface area contributed by atoms with Crippen molar-refractivity contribution in [3.63, 3.8) is 0 Å². The number of hydrogen-bond donors (Lipinski definition) is 0. The predicted molar refractivity (Wildman–Crippen MR) is 90.5 cm³/mol. The Bertz CT molecular complexity index is 1010. The summed E-state index contributed by atoms with van der Waals surface area (Å²) in [6.45, 7) is 0. The van der Waals surface area contributed by atoms with Gasteiger partial charge in [0.1, 0.15) is 0 Å². The summed E-state index contributed by atoms with van der Waals surface area (Å²) in [5.74, 6) is -22.2. The van der Waals surface area contributed by atoms with Crippen molar-refractivity contribution in [1.29, 1.82) is 0 Å². The molecule has 0 heterocycles. The van der Waals surface area contributed by atoms with Crippen molar-refractivity contribution in [1.82, 2.24) is 0 Å². The SMILES string of the molecule is Fc1c(F)c(F)c(C23CC4CC(C2)CC(c2c(F)c(F)c(F)c(F)c2F)(C4)C3)c(F)c1F. The predicted octanol–water partition coefficient (Wildman–Crippen LogP) is 6.87. The zero-order valence-electron chi connectivity index (χ0n) is 16.2. The first-order chi connectivity index (χ1) is 14.9. The molecule has 0 N–H and O–H groups in total. The lowest BCUT2D eigenvalue weighted by Crippen LogP contribution is -2.57. The molecule has 0 unspecified atom stereocenters. The first kappa shape index (κ1) is 21.6. The van der Waals surface area contributed by atoms with Crippen LogP contribution in [-0.4, -0.2) is 0 Å². The highest BCUT2D eigenvalue weighted by Gasteiger charge is 2.62. The molecule has 4 fully saturated rings. The Balaban J connectivity index is 1.76. The van der Waals surface area contributed by atoms with Crippen LogP contribution in [0.4, 0.5) is 43.9 Å². The molecule has 6 rings (SSSR count). The number of benzene rings is 2. The molecule has 0 aromatic heterocycles. The minimum absolute atomic E-state index is 0.0149. The maximum Gasteiger partial charge on any atom is 0.200 e. The zero-order valence-corrected chi connectivity index (χ0v) is 16.2. The third-order valence-electron chi connectivity index (χ3n) is 7.54. The standard InChI is InChI=1S/C22H14F10/c23-11-9(12(24)16(28)19(31)15(11)27)21-2-7-1-8(4-21)5-22(3-7,6-21)10-13(25)17(29)20(32)18(30)14(10)26/h7-8H,1-6H2. The van der Waals surface area contributed by atoms with E-state index >= 15 is 0 Å². The third-order valence-corrected chi connectivity index (χ3v) is 7.54. The first-order valence-corrected chi connectivity index (χ1v) is 9.96. The van der Waals surface area contributed by atoms with Crippen LogP contribution in [0.3, 0.4) is 0 Å². The Hall–Kier alpha value is -2.26. The smallest absolute Gasteiger partial charge is 0.200 e. The van der Waals surface area contributed by atoms with Gasteiger partial charge in [0.25, 0.3) is 0 Å². The van der Waals surface area contributed by atoms with Crippen LogP contribution in [0.2, 0.25) is 0 Å². The second kappa shape index (κ2) is 6.63. The van der Waals surface area contributed by atoms with E-state index in [0.717, 1.165) is 0 Å². The monoisotopic (exact) mass is 468 g/mol. The highest BCUT2D eigenvalue weighted by atomic mass is 19.2. The summed E-state index contributed by atoms with van der Waals surface area (Å²) >= 11 is 0. The fourth-order valence-electron chi connectivity index (χ4n) is 6.99. The number of rotatable bonds is 2. The van der Waals surface area contributed by atoms with Gasteiger partial charge in [-0.15, -0.1) is 0 Å². The van der Waals surface area contributed by atoms with Crippen LogP contribution in [0.15, 0.2) is 0 Å². The molecular weight excluding hydrogens is 454 g/mol. The molecule has 0 spiro atoms. The molecule has 0 amide bonds. The van der Waals surface area contributed by atoms with Gasteiger partial charge in [0.2, 0.25) is 11.6 Å². The molecule has 2 aromatic carbocycles. The normalized spacial score (nSPS) is 30.9. The van der Waals surface area contributed by atoms with Crippen LogP contribution in [-0.2, 0) is 10.8 Å². The van der Waals surface area contributed by atoms with E-state index in [1.54, 1.807) is 0 Å². The van der Waals surface area contributed by atoms with E-state index in [4.69, 9.17) is 0 Å². The maximum absolute atomic E-state index is 14.7. The van der Waals surface area contributed by atoms with E-state index < -0.39 is 98.4 Å². The highest BCUT2D eigenvalue weighted by molar-refractivity contribution is 5.41. The topological polar surface area (TPSA) is 0 Å². The fourth-order valence-corrected chi connectivity index (χ4v) is 6.99. The molecule has 4 aliphatic carbocycles. The third kappa shape index (κ3) is 2.58. The number of hydrogen-bond acceptors (Lipinski definition) is 0. The van der Waals surface area contributed by atoms with Crippen molar-refractivity contribution in [3.05, 3.63) is 69.3 Å². The summed E-state index contributed by atoms with van der Waals surface area (Å²) in [5, 5.41) is 0. The molecule has 4 bridgehead atoms. The van der Waals surface area contributed by atoms with Crippen LogP contribution in [0.5, 0.6) is 0 Å². The summed E-state index contributed by atoms with van der Waals surface area (Å²) in [6.07, 6.45) is -0.0893. The average molecular weight is 468 g/mol. The van der Waals surface area contributed by atoms with Gasteiger partial charge in [-0.25, -0.2) is 43.9 Å². The quantitative estimate of drug-likeness (QED) is 0.257. The minimum Gasteiger partial charge on any atom is -0.203 e. The van der Waals surface area contributed by atoms with Crippen molar-refractivity contribution in [2.24, 2.45) is 11.8 Å². The van der Waals surface area contributed by atoms with Gasteiger partial charge in [0.05, 0.1) is 0 Å². The van der Waals surface area contributed by atoms with Crippen molar-refractivity contribution < 1.29 is 43.9 Å². The number of halogens is 10. The van der Waals surface area contributed by atoms with Gasteiger partial charge in [-0.1, -0.05) is 0 Å². The molecular formula is C22H14F10. The molecule has 0 atom stereocenters. The lowest BCUT2D eigenvalue weighted by molar-refractivity contribution is -0.0350. The Morgan fingerprint density at radius 3 is 0.938 bits per heavy atom. The Labute approximate surface area is 175 Å². The van der Waals surface area contributed by atoms with Crippen molar-refractivity contribution in [2.75, 3.05) is 0 Å². The van der Waals surface area contributed by atoms with Crippen LogP contribution >= 0.6 is 0 Å². The van der Waals surface area contributed by atoms with Crippen molar-refractivity contribution in [2.45, 2.75) is 49.4 Å². The lowest BCUT2D eigenvalue weighted by atomic mass is 9.41. The lowest BCUT2D eigenvalue weighted by Gasteiger charge is -2.62. The summed E-state index contributed by atoms with van der Waals surface area (Å²) in [6, 6.07) is 0. The molecule has 32 heavy (non-hydrogen) atoms.